The number of aromatic nitrogens is 3. The minimum Gasteiger partial charge on any atom is -0.456 e. The van der Waals surface area contributed by atoms with Crippen molar-refractivity contribution >= 4 is 65.0 Å². The lowest BCUT2D eigenvalue weighted by molar-refractivity contribution is 0.669. The molecule has 0 unspecified atom stereocenters. The van der Waals surface area contributed by atoms with Crippen LogP contribution in [-0.2, 0) is 0 Å². The Labute approximate surface area is 409 Å². The van der Waals surface area contributed by atoms with Crippen molar-refractivity contribution in [2.45, 2.75) is 0 Å². The second-order valence-electron chi connectivity index (χ2n) is 18.3. The maximum Gasteiger partial charge on any atom is 0.164 e. The third kappa shape index (κ3) is 7.04. The fourth-order valence-electron chi connectivity index (χ4n) is 10.6. The number of hydrogen-bond acceptors (Lipinski definition) is 4. The fraction of sp³-hybridized carbons (Fsp3) is 0. The van der Waals surface area contributed by atoms with Gasteiger partial charge in [-0.2, -0.15) is 0 Å². The van der Waals surface area contributed by atoms with Crippen molar-refractivity contribution in [2.24, 2.45) is 0 Å². The molecule has 4 heteroatoms. The summed E-state index contributed by atoms with van der Waals surface area (Å²) in [4.78, 5) is 15.1. The summed E-state index contributed by atoms with van der Waals surface area (Å²) >= 11 is 0. The molecule has 0 aliphatic heterocycles. The van der Waals surface area contributed by atoms with Crippen LogP contribution in [0.3, 0.4) is 0 Å². The average molecular weight is 904 g/mol. The van der Waals surface area contributed by atoms with Crippen molar-refractivity contribution < 1.29 is 4.42 Å². The lowest BCUT2D eigenvalue weighted by Crippen LogP contribution is -2.00. The largest absolute Gasteiger partial charge is 0.456 e. The summed E-state index contributed by atoms with van der Waals surface area (Å²) < 4.78 is 6.73. The smallest absolute Gasteiger partial charge is 0.164 e. The zero-order valence-electron chi connectivity index (χ0n) is 38.4. The molecule has 0 radical (unpaired) electrons. The van der Waals surface area contributed by atoms with Crippen LogP contribution in [0.15, 0.2) is 253 Å². The molecule has 0 amide bonds. The summed E-state index contributed by atoms with van der Waals surface area (Å²) in [6.07, 6.45) is 0. The SMILES string of the molecule is c1ccc(-c2nc(-c3ccccc3)nc(-c3ccc(-c4ccc5c(c4)oc4cc(-c6cccc(-c7cccc(-c8ccc9c%10ccccc%10c%10ccccc%10c9c8)c7)c6)ccc45)c4ccccc34)n2)cc1. The van der Waals surface area contributed by atoms with Crippen LogP contribution >= 0.6 is 0 Å². The van der Waals surface area contributed by atoms with Crippen LogP contribution in [0.2, 0.25) is 0 Å². The average Bonchev–Trinajstić information content (AvgIpc) is 3.82. The molecule has 0 N–H and O–H groups in total. The molecule has 0 atom stereocenters. The zero-order chi connectivity index (χ0) is 46.8. The molecule has 71 heavy (non-hydrogen) atoms. The monoisotopic (exact) mass is 903 g/mol. The van der Waals surface area contributed by atoms with Gasteiger partial charge in [0.2, 0.25) is 0 Å². The minimum atomic E-state index is 0.631. The predicted octanol–water partition coefficient (Wildman–Crippen LogP) is 18.1. The van der Waals surface area contributed by atoms with Gasteiger partial charge in [-0.3, -0.25) is 0 Å². The summed E-state index contributed by atoms with van der Waals surface area (Å²) in [6, 6.07) is 88.4. The number of hydrogen-bond donors (Lipinski definition) is 0. The van der Waals surface area contributed by atoms with Gasteiger partial charge in [-0.15, -0.1) is 0 Å². The number of benzene rings is 12. The molecular formula is C67H41N3O. The molecule has 0 bridgehead atoms. The Morgan fingerprint density at radius 1 is 0.197 bits per heavy atom. The second kappa shape index (κ2) is 16.6. The Bertz CT molecular complexity index is 4310. The third-order valence-electron chi connectivity index (χ3n) is 14.1. The zero-order valence-corrected chi connectivity index (χ0v) is 38.4. The number of rotatable bonds is 7. The summed E-state index contributed by atoms with van der Waals surface area (Å²) in [5.74, 6) is 1.91. The van der Waals surface area contributed by atoms with Crippen molar-refractivity contribution in [3.8, 4) is 78.7 Å². The van der Waals surface area contributed by atoms with E-state index in [0.29, 0.717) is 17.5 Å². The molecule has 2 aromatic heterocycles. The highest BCUT2D eigenvalue weighted by Gasteiger charge is 2.18. The maximum absolute atomic E-state index is 6.73. The highest BCUT2D eigenvalue weighted by molar-refractivity contribution is 6.25. The summed E-state index contributed by atoms with van der Waals surface area (Å²) in [7, 11) is 0. The van der Waals surface area contributed by atoms with Gasteiger partial charge in [0, 0.05) is 27.5 Å². The standard InChI is InChI=1S/C67H41N3O/c1-3-15-42(16-4-1)65-68-66(43-17-5-2-6-18-43)70-67(69-65)61-36-35-51(52-23-7-11-27-56(52)61)50-31-34-60-59-33-30-49(40-63(59)71-64(60)41-50)47-22-14-20-45(38-47)44-19-13-21-46(37-44)48-29-32-58-55-26-9-8-24-53(55)54-25-10-12-28-57(54)62(58)39-48/h1-41H. The Morgan fingerprint density at radius 3 is 1.08 bits per heavy atom. The van der Waals surface area contributed by atoms with E-state index in [9.17, 15) is 0 Å². The van der Waals surface area contributed by atoms with E-state index >= 15 is 0 Å². The molecule has 2 heterocycles. The van der Waals surface area contributed by atoms with E-state index < -0.39 is 0 Å². The van der Waals surface area contributed by atoms with Gasteiger partial charge in [-0.25, -0.2) is 15.0 Å². The molecule has 0 saturated carbocycles. The first-order valence-corrected chi connectivity index (χ1v) is 24.1. The van der Waals surface area contributed by atoms with Gasteiger partial charge in [0.15, 0.2) is 17.5 Å². The summed E-state index contributed by atoms with van der Waals surface area (Å²) in [6.45, 7) is 0. The lowest BCUT2D eigenvalue weighted by Gasteiger charge is -2.13. The van der Waals surface area contributed by atoms with Crippen molar-refractivity contribution in [2.75, 3.05) is 0 Å². The minimum absolute atomic E-state index is 0.631. The molecule has 0 fully saturated rings. The molecule has 0 spiro atoms. The van der Waals surface area contributed by atoms with E-state index in [4.69, 9.17) is 19.4 Å². The Balaban J connectivity index is 0.794. The number of nitrogens with zero attached hydrogens (tertiary/aromatic N) is 3. The van der Waals surface area contributed by atoms with Crippen molar-refractivity contribution in [3.05, 3.63) is 249 Å². The number of furan rings is 1. The topological polar surface area (TPSA) is 51.8 Å². The molecular weight excluding hydrogens is 863 g/mol. The summed E-state index contributed by atoms with van der Waals surface area (Å²) in [5, 5.41) is 12.0. The molecule has 0 aliphatic carbocycles. The van der Waals surface area contributed by atoms with Crippen LogP contribution in [0.5, 0.6) is 0 Å². The van der Waals surface area contributed by atoms with E-state index in [1.807, 2.05) is 60.7 Å². The number of fused-ring (bicyclic) bond motifs is 10. The van der Waals surface area contributed by atoms with Gasteiger partial charge in [-0.1, -0.05) is 200 Å². The normalized spacial score (nSPS) is 11.7. The van der Waals surface area contributed by atoms with Crippen molar-refractivity contribution in [3.63, 3.8) is 0 Å². The first kappa shape index (κ1) is 40.5. The van der Waals surface area contributed by atoms with Crippen molar-refractivity contribution in [1.82, 2.24) is 15.0 Å². The van der Waals surface area contributed by atoms with Crippen LogP contribution in [0.4, 0.5) is 0 Å². The molecule has 330 valence electrons. The van der Waals surface area contributed by atoms with Gasteiger partial charge in [0.25, 0.3) is 0 Å². The molecule has 12 aromatic carbocycles. The Kier molecular flexibility index (Phi) is 9.49. The van der Waals surface area contributed by atoms with Gasteiger partial charge in [0.1, 0.15) is 11.2 Å². The first-order chi connectivity index (χ1) is 35.2. The van der Waals surface area contributed by atoms with Crippen LogP contribution in [-0.4, -0.2) is 15.0 Å². The third-order valence-corrected chi connectivity index (χ3v) is 14.1. The van der Waals surface area contributed by atoms with Gasteiger partial charge in [-0.05, 0) is 136 Å². The first-order valence-electron chi connectivity index (χ1n) is 24.1. The second-order valence-corrected chi connectivity index (χ2v) is 18.3. The van der Waals surface area contributed by atoms with Gasteiger partial charge in [0.05, 0.1) is 0 Å². The van der Waals surface area contributed by atoms with E-state index in [1.54, 1.807) is 0 Å². The van der Waals surface area contributed by atoms with E-state index in [1.165, 1.54) is 49.0 Å². The highest BCUT2D eigenvalue weighted by atomic mass is 16.3. The lowest BCUT2D eigenvalue weighted by atomic mass is 9.91. The summed E-state index contributed by atoms with van der Waals surface area (Å²) in [5.41, 5.74) is 13.7. The molecule has 0 aliphatic rings. The van der Waals surface area contributed by atoms with E-state index in [0.717, 1.165) is 77.2 Å². The molecule has 14 rings (SSSR count). The van der Waals surface area contributed by atoms with E-state index in [2.05, 4.69) is 188 Å². The molecule has 4 nitrogen and oxygen atoms in total. The highest BCUT2D eigenvalue weighted by Crippen LogP contribution is 2.41. The van der Waals surface area contributed by atoms with Crippen LogP contribution in [0, 0.1) is 0 Å². The quantitative estimate of drug-likeness (QED) is 0.150. The van der Waals surface area contributed by atoms with Gasteiger partial charge >= 0.3 is 0 Å². The van der Waals surface area contributed by atoms with Crippen molar-refractivity contribution in [1.29, 1.82) is 0 Å². The predicted molar refractivity (Wildman–Crippen MR) is 295 cm³/mol. The molecule has 14 aromatic rings. The molecule has 0 saturated heterocycles. The van der Waals surface area contributed by atoms with Crippen LogP contribution < -0.4 is 0 Å². The maximum atomic E-state index is 6.73. The van der Waals surface area contributed by atoms with E-state index in [-0.39, 0.29) is 0 Å². The van der Waals surface area contributed by atoms with Crippen LogP contribution in [0.1, 0.15) is 0 Å². The van der Waals surface area contributed by atoms with Crippen LogP contribution in [0.25, 0.3) is 144 Å². The Hall–Kier alpha value is -9.51. The Morgan fingerprint density at radius 2 is 0.549 bits per heavy atom. The fourth-order valence-corrected chi connectivity index (χ4v) is 10.6. The van der Waals surface area contributed by atoms with Gasteiger partial charge < -0.3 is 4.42 Å².